The number of fused-ring (bicyclic) bond motifs is 1. The topological polar surface area (TPSA) is 82.1 Å². The van der Waals surface area contributed by atoms with Crippen LogP contribution in [-0.2, 0) is 0 Å². The highest BCUT2D eigenvalue weighted by molar-refractivity contribution is 5.66. The molecule has 1 aromatic heterocycles. The molecule has 0 spiro atoms. The number of hydrogen-bond acceptors (Lipinski definition) is 3. The molecule has 1 saturated heterocycles. The summed E-state index contributed by atoms with van der Waals surface area (Å²) in [5.41, 5.74) is 0. The number of piperidine rings is 1. The van der Waals surface area contributed by atoms with Gasteiger partial charge in [0.1, 0.15) is 12.2 Å². The fourth-order valence-corrected chi connectivity index (χ4v) is 2.47. The molecule has 3 rings (SSSR count). The quantitative estimate of drug-likeness (QED) is 0.665. The third-order valence-corrected chi connectivity index (χ3v) is 3.22. The Hall–Kier alpha value is -1.59. The van der Waals surface area contributed by atoms with Crippen molar-refractivity contribution < 1.29 is 9.90 Å². The number of carboxylic acid groups (broad SMARTS) is 1. The second-order valence-corrected chi connectivity index (χ2v) is 3.92. The predicted molar refractivity (Wildman–Crippen MR) is 45.7 cm³/mol. The van der Waals surface area contributed by atoms with Gasteiger partial charge in [0.15, 0.2) is 0 Å². The van der Waals surface area contributed by atoms with Crippen LogP contribution in [0.4, 0.5) is 4.79 Å². The average Bonchev–Trinajstić information content (AvgIpc) is 2.66. The predicted octanol–water partition coefficient (Wildman–Crippen LogP) is 0.128. The maximum Gasteiger partial charge on any atom is 0.407 e. The molecule has 1 amide bonds. The molecule has 0 bridgehead atoms. The number of likely N-dealkylation sites (tertiary alicyclic amines) is 1. The van der Waals surface area contributed by atoms with Gasteiger partial charge in [-0.25, -0.2) is 4.79 Å². The summed E-state index contributed by atoms with van der Waals surface area (Å²) < 4.78 is 0. The Morgan fingerprint density at radius 1 is 1.57 bits per heavy atom. The Bertz CT molecular complexity index is 351. The first kappa shape index (κ1) is 7.78. The highest BCUT2D eigenvalue weighted by atomic mass is 16.4. The van der Waals surface area contributed by atoms with Crippen molar-refractivity contribution in [2.75, 3.05) is 13.1 Å². The molecule has 74 valence electrons. The maximum atomic E-state index is 10.7. The molecular weight excluding hydrogens is 184 g/mol. The molecule has 2 aliphatic rings. The van der Waals surface area contributed by atoms with E-state index < -0.39 is 6.09 Å². The van der Waals surface area contributed by atoms with Gasteiger partial charge in [-0.3, -0.25) is 0 Å². The smallest absolute Gasteiger partial charge is 0.407 e. The van der Waals surface area contributed by atoms with Crippen LogP contribution in [0.15, 0.2) is 6.33 Å². The molecule has 1 aromatic rings. The Kier molecular flexibility index (Phi) is 1.37. The van der Waals surface area contributed by atoms with Crippen LogP contribution in [0, 0.1) is 11.8 Å². The van der Waals surface area contributed by atoms with E-state index in [9.17, 15) is 4.79 Å². The van der Waals surface area contributed by atoms with Crippen molar-refractivity contribution in [1.82, 2.24) is 20.1 Å². The highest BCUT2D eigenvalue weighted by Gasteiger charge is 2.58. The maximum absolute atomic E-state index is 10.7. The van der Waals surface area contributed by atoms with Crippen molar-refractivity contribution in [2.45, 2.75) is 5.92 Å². The molecule has 0 radical (unpaired) electrons. The van der Waals surface area contributed by atoms with Gasteiger partial charge in [-0.15, -0.1) is 10.2 Å². The van der Waals surface area contributed by atoms with Gasteiger partial charge in [-0.1, -0.05) is 0 Å². The van der Waals surface area contributed by atoms with E-state index in [0.717, 1.165) is 5.82 Å². The van der Waals surface area contributed by atoms with Crippen LogP contribution in [0.1, 0.15) is 11.7 Å². The number of hydrogen-bond donors (Lipinski definition) is 2. The van der Waals surface area contributed by atoms with Crippen LogP contribution in [0.2, 0.25) is 0 Å². The van der Waals surface area contributed by atoms with Crippen LogP contribution in [-0.4, -0.2) is 44.4 Å². The molecule has 6 heteroatoms. The fourth-order valence-electron chi connectivity index (χ4n) is 2.47. The Labute approximate surface area is 79.9 Å². The minimum Gasteiger partial charge on any atom is -0.465 e. The van der Waals surface area contributed by atoms with Crippen molar-refractivity contribution in [3.05, 3.63) is 12.2 Å². The standard InChI is InChI=1S/C8H10N4O2/c13-8(14)12-1-4-5(2-12)6(4)7-9-3-10-11-7/h3-6H,1-2H2,(H,13,14)(H,9,10,11)/t4-,5+,6?. The van der Waals surface area contributed by atoms with Gasteiger partial charge in [-0.2, -0.15) is 0 Å². The lowest BCUT2D eigenvalue weighted by Crippen LogP contribution is -2.29. The van der Waals surface area contributed by atoms with Crippen LogP contribution < -0.4 is 0 Å². The van der Waals surface area contributed by atoms with Crippen molar-refractivity contribution in [3.8, 4) is 0 Å². The van der Waals surface area contributed by atoms with Gasteiger partial charge < -0.3 is 15.0 Å². The number of aromatic amines is 1. The Morgan fingerprint density at radius 2 is 2.29 bits per heavy atom. The summed E-state index contributed by atoms with van der Waals surface area (Å²) in [4.78, 5) is 15.1. The normalized spacial score (nSPS) is 34.3. The molecular formula is C8H10N4O2. The first-order valence-corrected chi connectivity index (χ1v) is 4.61. The van der Waals surface area contributed by atoms with E-state index in [4.69, 9.17) is 5.11 Å². The summed E-state index contributed by atoms with van der Waals surface area (Å²) in [6.07, 6.45) is 0.756. The summed E-state index contributed by atoms with van der Waals surface area (Å²) in [6.45, 7) is 1.29. The van der Waals surface area contributed by atoms with Crippen LogP contribution >= 0.6 is 0 Å². The fraction of sp³-hybridized carbons (Fsp3) is 0.625. The summed E-state index contributed by atoms with van der Waals surface area (Å²) >= 11 is 0. The zero-order valence-electron chi connectivity index (χ0n) is 7.42. The number of H-pyrrole nitrogens is 1. The average molecular weight is 194 g/mol. The number of aromatic nitrogens is 3. The van der Waals surface area contributed by atoms with Gasteiger partial charge in [0.25, 0.3) is 0 Å². The lowest BCUT2D eigenvalue weighted by Gasteiger charge is -2.14. The van der Waals surface area contributed by atoms with Crippen LogP contribution in [0.25, 0.3) is 0 Å². The van der Waals surface area contributed by atoms with Crippen molar-refractivity contribution in [1.29, 1.82) is 0 Å². The summed E-state index contributed by atoms with van der Waals surface area (Å²) in [5.74, 6) is 2.23. The molecule has 2 N–H and O–H groups in total. The minimum atomic E-state index is -0.812. The number of nitrogens with zero attached hydrogens (tertiary/aromatic N) is 3. The van der Waals surface area contributed by atoms with E-state index in [1.54, 1.807) is 6.33 Å². The summed E-state index contributed by atoms with van der Waals surface area (Å²) in [6, 6.07) is 0. The summed E-state index contributed by atoms with van der Waals surface area (Å²) in [7, 11) is 0. The third kappa shape index (κ3) is 0.934. The minimum absolute atomic E-state index is 0.410. The summed E-state index contributed by atoms with van der Waals surface area (Å²) in [5, 5.41) is 16.4. The molecule has 1 aliphatic heterocycles. The van der Waals surface area contributed by atoms with E-state index in [2.05, 4.69) is 15.2 Å². The second-order valence-electron chi connectivity index (χ2n) is 3.92. The van der Waals surface area contributed by atoms with Gasteiger partial charge in [0, 0.05) is 19.0 Å². The van der Waals surface area contributed by atoms with Crippen molar-refractivity contribution in [3.63, 3.8) is 0 Å². The van der Waals surface area contributed by atoms with E-state index in [-0.39, 0.29) is 0 Å². The zero-order chi connectivity index (χ0) is 9.71. The van der Waals surface area contributed by atoms with E-state index in [1.165, 1.54) is 4.90 Å². The van der Waals surface area contributed by atoms with E-state index in [1.807, 2.05) is 0 Å². The molecule has 0 aromatic carbocycles. The van der Waals surface area contributed by atoms with Crippen molar-refractivity contribution >= 4 is 6.09 Å². The van der Waals surface area contributed by atoms with E-state index in [0.29, 0.717) is 30.8 Å². The Balaban J connectivity index is 1.70. The second kappa shape index (κ2) is 2.46. The third-order valence-electron chi connectivity index (χ3n) is 3.22. The van der Waals surface area contributed by atoms with Crippen molar-refractivity contribution in [2.24, 2.45) is 11.8 Å². The first-order valence-electron chi connectivity index (χ1n) is 4.61. The molecule has 2 heterocycles. The number of amides is 1. The largest absolute Gasteiger partial charge is 0.465 e. The molecule has 3 atom stereocenters. The Morgan fingerprint density at radius 3 is 2.79 bits per heavy atom. The molecule has 1 aliphatic carbocycles. The number of carbonyl (C=O) groups is 1. The zero-order valence-corrected chi connectivity index (χ0v) is 7.42. The number of rotatable bonds is 1. The van der Waals surface area contributed by atoms with Gasteiger partial charge in [0.2, 0.25) is 0 Å². The molecule has 1 saturated carbocycles. The molecule has 1 unspecified atom stereocenters. The lowest BCUT2D eigenvalue weighted by atomic mass is 10.2. The van der Waals surface area contributed by atoms with E-state index >= 15 is 0 Å². The molecule has 2 fully saturated rings. The highest BCUT2D eigenvalue weighted by Crippen LogP contribution is 2.56. The van der Waals surface area contributed by atoms with Crippen LogP contribution in [0.5, 0.6) is 0 Å². The lowest BCUT2D eigenvalue weighted by molar-refractivity contribution is 0.150. The van der Waals surface area contributed by atoms with Crippen LogP contribution in [0.3, 0.4) is 0 Å². The first-order chi connectivity index (χ1) is 6.77. The number of nitrogens with one attached hydrogen (secondary N) is 1. The SMILES string of the molecule is O=C(O)N1C[C@@H]2C(c3nnc[nH]3)[C@@H]2C1. The molecule has 6 nitrogen and oxygen atoms in total. The monoisotopic (exact) mass is 194 g/mol. The van der Waals surface area contributed by atoms with Gasteiger partial charge in [0.05, 0.1) is 0 Å². The van der Waals surface area contributed by atoms with Gasteiger partial charge >= 0.3 is 6.09 Å². The van der Waals surface area contributed by atoms with Gasteiger partial charge in [-0.05, 0) is 11.8 Å². The molecule has 14 heavy (non-hydrogen) atoms.